The number of nitrogens with zero attached hydrogens (tertiary/aromatic N) is 1. The minimum absolute atomic E-state index is 0.0607. The van der Waals surface area contributed by atoms with E-state index in [-0.39, 0.29) is 17.4 Å². The van der Waals surface area contributed by atoms with Gasteiger partial charge in [0.25, 0.3) is 5.56 Å². The van der Waals surface area contributed by atoms with Gasteiger partial charge in [-0.3, -0.25) is 9.59 Å². The number of carbonyl (C=O) groups is 1. The number of hydrogen-bond acceptors (Lipinski definition) is 4. The third-order valence-electron chi connectivity index (χ3n) is 4.73. The Morgan fingerprint density at radius 1 is 1.21 bits per heavy atom. The van der Waals surface area contributed by atoms with Gasteiger partial charge in [-0.05, 0) is 56.6 Å². The summed E-state index contributed by atoms with van der Waals surface area (Å²) in [6.07, 6.45) is 4.57. The SMILES string of the molecule is Cc1cc(=O)[nH]c(-c2cccc(OC(=O)C(C3CC3)C3CC3)c2)n1. The molecule has 2 fully saturated rings. The van der Waals surface area contributed by atoms with Gasteiger partial charge in [-0.1, -0.05) is 12.1 Å². The third-order valence-corrected chi connectivity index (χ3v) is 4.73. The van der Waals surface area contributed by atoms with E-state index in [4.69, 9.17) is 4.74 Å². The van der Waals surface area contributed by atoms with Crippen molar-refractivity contribution in [1.82, 2.24) is 9.97 Å². The summed E-state index contributed by atoms with van der Waals surface area (Å²) in [5.74, 6) is 1.98. The Balaban J connectivity index is 1.56. The van der Waals surface area contributed by atoms with E-state index >= 15 is 0 Å². The first-order valence-corrected chi connectivity index (χ1v) is 8.50. The first kappa shape index (κ1) is 15.1. The van der Waals surface area contributed by atoms with Crippen LogP contribution in [0.25, 0.3) is 11.4 Å². The van der Waals surface area contributed by atoms with Crippen molar-refractivity contribution in [2.45, 2.75) is 32.6 Å². The normalized spacial score (nSPS) is 17.1. The summed E-state index contributed by atoms with van der Waals surface area (Å²) in [5.41, 5.74) is 1.19. The molecule has 2 aliphatic rings. The van der Waals surface area contributed by atoms with Crippen LogP contribution in [0, 0.1) is 24.7 Å². The number of hydrogen-bond donors (Lipinski definition) is 1. The fourth-order valence-corrected chi connectivity index (χ4v) is 3.29. The molecule has 0 atom stereocenters. The monoisotopic (exact) mass is 324 g/mol. The second-order valence-electron chi connectivity index (χ2n) is 6.88. The molecule has 5 heteroatoms. The summed E-state index contributed by atoms with van der Waals surface area (Å²) in [4.78, 5) is 31.2. The van der Waals surface area contributed by atoms with Crippen molar-refractivity contribution < 1.29 is 9.53 Å². The van der Waals surface area contributed by atoms with Crippen molar-refractivity contribution in [2.24, 2.45) is 17.8 Å². The number of ether oxygens (including phenoxy) is 1. The molecule has 0 radical (unpaired) electrons. The van der Waals surface area contributed by atoms with Crippen LogP contribution in [0.2, 0.25) is 0 Å². The molecule has 0 unspecified atom stereocenters. The highest BCUT2D eigenvalue weighted by Crippen LogP contribution is 2.49. The minimum Gasteiger partial charge on any atom is -0.426 e. The van der Waals surface area contributed by atoms with Crippen LogP contribution in [0.4, 0.5) is 0 Å². The zero-order valence-corrected chi connectivity index (χ0v) is 13.6. The predicted molar refractivity (Wildman–Crippen MR) is 89.6 cm³/mol. The molecule has 0 bridgehead atoms. The van der Waals surface area contributed by atoms with Crippen LogP contribution in [0.15, 0.2) is 35.1 Å². The highest BCUT2D eigenvalue weighted by Gasteiger charge is 2.46. The third kappa shape index (κ3) is 3.25. The fraction of sp³-hybridized carbons (Fsp3) is 0.421. The molecule has 1 aromatic carbocycles. The van der Waals surface area contributed by atoms with Crippen LogP contribution < -0.4 is 10.3 Å². The van der Waals surface area contributed by atoms with Crippen LogP contribution >= 0.6 is 0 Å². The van der Waals surface area contributed by atoms with Crippen LogP contribution in [0.3, 0.4) is 0 Å². The number of esters is 1. The lowest BCUT2D eigenvalue weighted by molar-refractivity contribution is -0.140. The van der Waals surface area contributed by atoms with Gasteiger partial charge in [0, 0.05) is 17.3 Å². The molecule has 1 N–H and O–H groups in total. The second-order valence-corrected chi connectivity index (χ2v) is 6.88. The molecule has 1 aromatic heterocycles. The Morgan fingerprint density at radius 3 is 2.54 bits per heavy atom. The van der Waals surface area contributed by atoms with Gasteiger partial charge in [0.2, 0.25) is 0 Å². The number of aromatic amines is 1. The molecular formula is C19H20N2O3. The zero-order valence-electron chi connectivity index (χ0n) is 13.6. The molecule has 2 aromatic rings. The lowest BCUT2D eigenvalue weighted by Gasteiger charge is -2.14. The Bertz CT molecular complexity index is 823. The molecule has 2 aliphatic carbocycles. The van der Waals surface area contributed by atoms with E-state index in [0.29, 0.717) is 29.1 Å². The first-order chi connectivity index (χ1) is 11.6. The standard InChI is InChI=1S/C19H20N2O3/c1-11-9-16(22)21-18(20-11)14-3-2-4-15(10-14)24-19(23)17(12-5-6-12)13-7-8-13/h2-4,9-10,12-13,17H,5-8H2,1H3,(H,20,21,22). The molecule has 0 spiro atoms. The van der Waals surface area contributed by atoms with E-state index < -0.39 is 0 Å². The van der Waals surface area contributed by atoms with Gasteiger partial charge in [-0.2, -0.15) is 0 Å². The molecule has 0 saturated heterocycles. The zero-order chi connectivity index (χ0) is 16.7. The lowest BCUT2D eigenvalue weighted by Crippen LogP contribution is -2.24. The topological polar surface area (TPSA) is 72.1 Å². The maximum atomic E-state index is 12.5. The molecule has 5 nitrogen and oxygen atoms in total. The summed E-state index contributed by atoms with van der Waals surface area (Å²) in [6.45, 7) is 1.78. The van der Waals surface area contributed by atoms with E-state index in [1.165, 1.54) is 6.07 Å². The lowest BCUT2D eigenvalue weighted by atomic mass is 9.98. The van der Waals surface area contributed by atoms with Crippen LogP contribution in [0.5, 0.6) is 5.75 Å². The molecule has 24 heavy (non-hydrogen) atoms. The second kappa shape index (κ2) is 5.89. The molecule has 1 heterocycles. The van der Waals surface area contributed by atoms with Gasteiger partial charge in [0.05, 0.1) is 5.92 Å². The van der Waals surface area contributed by atoms with E-state index in [0.717, 1.165) is 31.2 Å². The smallest absolute Gasteiger partial charge is 0.314 e. The van der Waals surface area contributed by atoms with Crippen LogP contribution in [-0.4, -0.2) is 15.9 Å². The molecule has 124 valence electrons. The minimum atomic E-state index is -0.192. The Labute approximate surface area is 140 Å². The van der Waals surface area contributed by atoms with Crippen molar-refractivity contribution >= 4 is 5.97 Å². The number of H-pyrrole nitrogens is 1. The van der Waals surface area contributed by atoms with E-state index in [1.807, 2.05) is 12.1 Å². The van der Waals surface area contributed by atoms with Gasteiger partial charge in [0.1, 0.15) is 11.6 Å². The highest BCUT2D eigenvalue weighted by atomic mass is 16.5. The van der Waals surface area contributed by atoms with E-state index in [1.54, 1.807) is 19.1 Å². The maximum Gasteiger partial charge on any atom is 0.314 e. The van der Waals surface area contributed by atoms with Crippen LogP contribution in [0.1, 0.15) is 31.4 Å². The number of nitrogens with one attached hydrogen (secondary N) is 1. The van der Waals surface area contributed by atoms with Crippen molar-refractivity contribution in [3.8, 4) is 17.1 Å². The quantitative estimate of drug-likeness (QED) is 0.677. The Morgan fingerprint density at radius 2 is 1.92 bits per heavy atom. The number of aromatic nitrogens is 2. The predicted octanol–water partition coefficient (Wildman–Crippen LogP) is 3.09. The largest absolute Gasteiger partial charge is 0.426 e. The Hall–Kier alpha value is -2.43. The number of rotatable bonds is 5. The number of aryl methyl sites for hydroxylation is 1. The van der Waals surface area contributed by atoms with E-state index in [9.17, 15) is 9.59 Å². The average Bonchev–Trinajstić information content (AvgIpc) is 3.42. The molecule has 0 amide bonds. The summed E-state index contributed by atoms with van der Waals surface area (Å²) >= 11 is 0. The van der Waals surface area contributed by atoms with Crippen molar-refractivity contribution in [2.75, 3.05) is 0 Å². The summed E-state index contributed by atoms with van der Waals surface area (Å²) < 4.78 is 5.64. The average molecular weight is 324 g/mol. The van der Waals surface area contributed by atoms with Crippen molar-refractivity contribution in [3.05, 3.63) is 46.4 Å². The summed E-state index contributed by atoms with van der Waals surface area (Å²) in [6, 6.07) is 8.62. The molecule has 0 aliphatic heterocycles. The number of carbonyl (C=O) groups excluding carboxylic acids is 1. The summed E-state index contributed by atoms with van der Waals surface area (Å²) in [7, 11) is 0. The van der Waals surface area contributed by atoms with Gasteiger partial charge in [0.15, 0.2) is 0 Å². The van der Waals surface area contributed by atoms with Crippen LogP contribution in [-0.2, 0) is 4.79 Å². The number of benzene rings is 1. The summed E-state index contributed by atoms with van der Waals surface area (Å²) in [5, 5.41) is 0. The molecular weight excluding hydrogens is 304 g/mol. The van der Waals surface area contributed by atoms with Gasteiger partial charge in [-0.25, -0.2) is 4.98 Å². The highest BCUT2D eigenvalue weighted by molar-refractivity contribution is 5.77. The molecule has 2 saturated carbocycles. The molecule has 4 rings (SSSR count). The first-order valence-electron chi connectivity index (χ1n) is 8.50. The maximum absolute atomic E-state index is 12.5. The van der Waals surface area contributed by atoms with Crippen molar-refractivity contribution in [1.29, 1.82) is 0 Å². The van der Waals surface area contributed by atoms with Gasteiger partial charge in [-0.15, -0.1) is 0 Å². The fourth-order valence-electron chi connectivity index (χ4n) is 3.29. The van der Waals surface area contributed by atoms with E-state index in [2.05, 4.69) is 9.97 Å². The van der Waals surface area contributed by atoms with Crippen molar-refractivity contribution in [3.63, 3.8) is 0 Å². The van der Waals surface area contributed by atoms with Gasteiger partial charge < -0.3 is 9.72 Å². The van der Waals surface area contributed by atoms with Gasteiger partial charge >= 0.3 is 5.97 Å². The Kier molecular flexibility index (Phi) is 3.71.